The van der Waals surface area contributed by atoms with Gasteiger partial charge < -0.3 is 14.2 Å². The molecule has 6 heteroatoms. The number of hydrogen-bond donors (Lipinski definition) is 0. The van der Waals surface area contributed by atoms with E-state index in [0.29, 0.717) is 19.3 Å². The van der Waals surface area contributed by atoms with Crippen molar-refractivity contribution in [2.75, 3.05) is 13.2 Å². The van der Waals surface area contributed by atoms with E-state index >= 15 is 0 Å². The highest BCUT2D eigenvalue weighted by molar-refractivity contribution is 5.71. The van der Waals surface area contributed by atoms with E-state index in [1.54, 1.807) is 0 Å². The molecule has 0 heterocycles. The molecule has 0 saturated carbocycles. The fourth-order valence-corrected chi connectivity index (χ4v) is 7.25. The van der Waals surface area contributed by atoms with Crippen LogP contribution in [0.3, 0.4) is 0 Å². The van der Waals surface area contributed by atoms with E-state index in [0.717, 1.165) is 135 Å². The maximum atomic E-state index is 12.7. The number of rotatable bonds is 49. The van der Waals surface area contributed by atoms with Crippen molar-refractivity contribution in [1.82, 2.24) is 0 Å². The van der Waals surface area contributed by atoms with Gasteiger partial charge in [0.15, 0.2) is 6.10 Å². The van der Waals surface area contributed by atoms with E-state index in [-0.39, 0.29) is 31.1 Å². The van der Waals surface area contributed by atoms with Crippen molar-refractivity contribution in [2.24, 2.45) is 0 Å². The highest BCUT2D eigenvalue weighted by Crippen LogP contribution is 2.13. The number of esters is 3. The molecule has 0 bridgehead atoms. The van der Waals surface area contributed by atoms with Crippen molar-refractivity contribution in [1.29, 1.82) is 0 Å². The molecule has 390 valence electrons. The molecule has 0 rings (SSSR count). The molecule has 0 aromatic carbocycles. The third-order valence-electron chi connectivity index (χ3n) is 11.5. The van der Waals surface area contributed by atoms with Gasteiger partial charge in [-0.05, 0) is 116 Å². The summed E-state index contributed by atoms with van der Waals surface area (Å²) in [6, 6.07) is 0. The number of unbranched alkanes of at least 4 members (excludes halogenated alkanes) is 18. The lowest BCUT2D eigenvalue weighted by Gasteiger charge is -2.18. The summed E-state index contributed by atoms with van der Waals surface area (Å²) >= 11 is 0. The Bertz CT molecular complexity index is 1470. The maximum Gasteiger partial charge on any atom is 0.306 e. The Morgan fingerprint density at radius 1 is 0.304 bits per heavy atom. The van der Waals surface area contributed by atoms with Gasteiger partial charge in [0.05, 0.1) is 0 Å². The smallest absolute Gasteiger partial charge is 0.306 e. The molecule has 1 atom stereocenters. The van der Waals surface area contributed by atoms with Crippen LogP contribution in [0.2, 0.25) is 0 Å². The Morgan fingerprint density at radius 2 is 0.565 bits per heavy atom. The maximum absolute atomic E-state index is 12.7. The minimum atomic E-state index is -0.795. The number of allylic oxidation sites excluding steroid dienone is 20. The predicted molar refractivity (Wildman–Crippen MR) is 297 cm³/mol. The quantitative estimate of drug-likeness (QED) is 0.0262. The molecule has 69 heavy (non-hydrogen) atoms. The van der Waals surface area contributed by atoms with Crippen LogP contribution in [0, 0.1) is 0 Å². The van der Waals surface area contributed by atoms with Crippen molar-refractivity contribution in [3.05, 3.63) is 122 Å². The number of carbonyl (C=O) groups is 3. The average molecular weight is 956 g/mol. The molecule has 0 amide bonds. The van der Waals surface area contributed by atoms with Crippen LogP contribution in [-0.4, -0.2) is 37.2 Å². The number of carbonyl (C=O) groups excluding carboxylic acids is 3. The first-order valence-corrected chi connectivity index (χ1v) is 28.0. The molecule has 0 aromatic rings. The molecule has 0 fully saturated rings. The zero-order valence-electron chi connectivity index (χ0n) is 44.5. The first kappa shape index (κ1) is 64.8. The molecule has 1 unspecified atom stereocenters. The third-order valence-corrected chi connectivity index (χ3v) is 11.5. The van der Waals surface area contributed by atoms with Crippen molar-refractivity contribution >= 4 is 17.9 Å². The summed E-state index contributed by atoms with van der Waals surface area (Å²) in [4.78, 5) is 37.8. The van der Waals surface area contributed by atoms with Gasteiger partial charge >= 0.3 is 17.9 Å². The molecule has 0 aromatic heterocycles. The molecule has 0 spiro atoms. The molecule has 6 nitrogen and oxygen atoms in total. The minimum absolute atomic E-state index is 0.0935. The Kier molecular flexibility index (Phi) is 53.0. The molecule has 0 aliphatic rings. The molecular weight excluding hydrogens is 853 g/mol. The molecule has 0 saturated heterocycles. The van der Waals surface area contributed by atoms with Gasteiger partial charge in [0.1, 0.15) is 13.2 Å². The normalized spacial score (nSPS) is 13.0. The van der Waals surface area contributed by atoms with Gasteiger partial charge in [-0.15, -0.1) is 0 Å². The molecule has 0 aliphatic heterocycles. The van der Waals surface area contributed by atoms with Crippen LogP contribution in [0.15, 0.2) is 122 Å². The highest BCUT2D eigenvalue weighted by atomic mass is 16.6. The first-order valence-electron chi connectivity index (χ1n) is 28.0. The second-order valence-corrected chi connectivity index (χ2v) is 18.1. The van der Waals surface area contributed by atoms with Gasteiger partial charge in [0, 0.05) is 19.3 Å². The second kappa shape index (κ2) is 56.4. The second-order valence-electron chi connectivity index (χ2n) is 18.1. The van der Waals surface area contributed by atoms with Crippen LogP contribution in [0.5, 0.6) is 0 Å². The zero-order valence-corrected chi connectivity index (χ0v) is 44.5. The van der Waals surface area contributed by atoms with Crippen molar-refractivity contribution < 1.29 is 28.6 Å². The van der Waals surface area contributed by atoms with Gasteiger partial charge in [-0.25, -0.2) is 0 Å². The van der Waals surface area contributed by atoms with Gasteiger partial charge in [-0.1, -0.05) is 226 Å². The Morgan fingerprint density at radius 3 is 0.928 bits per heavy atom. The summed E-state index contributed by atoms with van der Waals surface area (Å²) < 4.78 is 16.7. The predicted octanol–water partition coefficient (Wildman–Crippen LogP) is 18.9. The van der Waals surface area contributed by atoms with Crippen molar-refractivity contribution in [3.63, 3.8) is 0 Å². The molecule has 0 aliphatic carbocycles. The van der Waals surface area contributed by atoms with Crippen molar-refractivity contribution in [3.8, 4) is 0 Å². The number of ether oxygens (including phenoxy) is 3. The van der Waals surface area contributed by atoms with Crippen LogP contribution < -0.4 is 0 Å². The summed E-state index contributed by atoms with van der Waals surface area (Å²) in [6.07, 6.45) is 77.8. The summed E-state index contributed by atoms with van der Waals surface area (Å²) in [6.45, 7) is 6.41. The Hall–Kier alpha value is -4.19. The van der Waals surface area contributed by atoms with Crippen LogP contribution in [0.25, 0.3) is 0 Å². The van der Waals surface area contributed by atoms with Gasteiger partial charge in [0.25, 0.3) is 0 Å². The fourth-order valence-electron chi connectivity index (χ4n) is 7.25. The summed E-state index contributed by atoms with van der Waals surface area (Å²) in [7, 11) is 0. The van der Waals surface area contributed by atoms with E-state index in [1.807, 2.05) is 0 Å². The van der Waals surface area contributed by atoms with Crippen LogP contribution in [-0.2, 0) is 28.6 Å². The van der Waals surface area contributed by atoms with Crippen LogP contribution in [0.1, 0.15) is 239 Å². The highest BCUT2D eigenvalue weighted by Gasteiger charge is 2.19. The van der Waals surface area contributed by atoms with E-state index in [1.165, 1.54) is 64.2 Å². The van der Waals surface area contributed by atoms with E-state index in [9.17, 15) is 14.4 Å². The summed E-state index contributed by atoms with van der Waals surface area (Å²) in [5.74, 6) is -0.949. The molecule has 0 N–H and O–H groups in total. The van der Waals surface area contributed by atoms with Gasteiger partial charge in [-0.3, -0.25) is 14.4 Å². The van der Waals surface area contributed by atoms with Gasteiger partial charge in [-0.2, -0.15) is 0 Å². The lowest BCUT2D eigenvalue weighted by molar-refractivity contribution is -0.167. The lowest BCUT2D eigenvalue weighted by Crippen LogP contribution is -2.30. The topological polar surface area (TPSA) is 78.9 Å². The van der Waals surface area contributed by atoms with Crippen LogP contribution in [0.4, 0.5) is 0 Å². The average Bonchev–Trinajstić information content (AvgIpc) is 3.35. The Balaban J connectivity index is 4.25. The number of hydrogen-bond acceptors (Lipinski definition) is 6. The summed E-state index contributed by atoms with van der Waals surface area (Å²) in [5.41, 5.74) is 0. The standard InChI is InChI=1S/C63H102O6/c1-4-7-10-13-16-18-20-22-23-24-25-26-27-28-29-30-31-32-33-34-35-36-37-38-39-41-42-44-47-50-53-56-62(65)68-59-60(58-67-61(64)55-52-49-46-15-12-9-6-3)69-63(66)57-54-51-48-45-43-40-21-19-17-14-11-8-5-2/h7,10,16,18-19,21-23,25-26,28-29,31-32,34-35,37-38,41-42,60H,4-6,8-9,11-15,17,20,24,27,30,33,36,39-40,43-59H2,1-3H3/b10-7-,18-16-,21-19-,23-22-,26-25-,29-28-,32-31-,35-34-,38-37-,42-41-. The van der Waals surface area contributed by atoms with Crippen LogP contribution >= 0.6 is 0 Å². The van der Waals surface area contributed by atoms with E-state index in [4.69, 9.17) is 14.2 Å². The summed E-state index contributed by atoms with van der Waals surface area (Å²) in [5, 5.41) is 0. The zero-order chi connectivity index (χ0) is 50.0. The lowest BCUT2D eigenvalue weighted by atomic mass is 10.1. The minimum Gasteiger partial charge on any atom is -0.462 e. The fraction of sp³-hybridized carbons (Fsp3) is 0.635. The SMILES string of the molecule is CC/C=C\C/C=C\C/C=C\C/C=C\C/C=C\C/C=C\C/C=C\C/C=C\C/C=C\CCCCCC(=O)OCC(COC(=O)CCCCCCCCC)OC(=O)CCCCCCC/C=C\CCCCCC. The third kappa shape index (κ3) is 54.6. The molecular formula is C63H102O6. The monoisotopic (exact) mass is 955 g/mol. The largest absolute Gasteiger partial charge is 0.462 e. The molecule has 0 radical (unpaired) electrons. The Labute approximate surface area is 424 Å². The van der Waals surface area contributed by atoms with Gasteiger partial charge in [0.2, 0.25) is 0 Å². The van der Waals surface area contributed by atoms with E-state index in [2.05, 4.69) is 142 Å². The van der Waals surface area contributed by atoms with Crippen molar-refractivity contribution in [2.45, 2.75) is 245 Å². The van der Waals surface area contributed by atoms with E-state index < -0.39 is 6.10 Å². The first-order chi connectivity index (χ1) is 34.0.